The summed E-state index contributed by atoms with van der Waals surface area (Å²) < 4.78 is 54.5. The van der Waals surface area contributed by atoms with Gasteiger partial charge >= 0.3 is 6.18 Å². The summed E-state index contributed by atoms with van der Waals surface area (Å²) in [5, 5.41) is 0. The molecule has 5 nitrogen and oxygen atoms in total. The lowest BCUT2D eigenvalue weighted by Crippen LogP contribution is -2.46. The van der Waals surface area contributed by atoms with Gasteiger partial charge in [-0.1, -0.05) is 12.2 Å². The molecule has 1 amide bonds. The maximum Gasteiger partial charge on any atom is 0.416 e. The summed E-state index contributed by atoms with van der Waals surface area (Å²) in [5.74, 6) is -0.964. The van der Waals surface area contributed by atoms with Gasteiger partial charge in [0.1, 0.15) is 12.5 Å². The number of amides is 1. The zero-order valence-electron chi connectivity index (χ0n) is 17.1. The molecule has 1 aromatic heterocycles. The van der Waals surface area contributed by atoms with Crippen LogP contribution in [0.1, 0.15) is 27.2 Å². The minimum atomic E-state index is -4.59. The molecule has 1 N–H and O–H groups in total. The average Bonchev–Trinajstić information content (AvgIpc) is 2.79. The lowest BCUT2D eigenvalue weighted by atomic mass is 10.0. The van der Waals surface area contributed by atoms with Gasteiger partial charge in [0.2, 0.25) is 5.56 Å². The molecule has 0 saturated heterocycles. The van der Waals surface area contributed by atoms with E-state index in [9.17, 15) is 27.2 Å². The number of fused-ring (bicyclic) bond motifs is 8. The molecule has 168 valence electrons. The molecule has 0 saturated carbocycles. The van der Waals surface area contributed by atoms with Crippen LogP contribution in [0.5, 0.6) is 0 Å². The van der Waals surface area contributed by atoms with Crippen molar-refractivity contribution in [1.29, 1.82) is 0 Å². The maximum atomic E-state index is 14.1. The van der Waals surface area contributed by atoms with Crippen molar-refractivity contribution in [2.75, 3.05) is 16.5 Å². The first-order chi connectivity index (χ1) is 15.7. The molecule has 2 aromatic carbocycles. The topological polar surface area (TPSA) is 56.4 Å². The first kappa shape index (κ1) is 21.0. The van der Waals surface area contributed by atoms with E-state index < -0.39 is 23.5 Å². The van der Waals surface area contributed by atoms with E-state index in [1.54, 1.807) is 17.1 Å². The molecule has 0 radical (unpaired) electrons. The Bertz CT molecular complexity index is 1360. The summed E-state index contributed by atoms with van der Waals surface area (Å²) >= 11 is 0. The Morgan fingerprint density at radius 2 is 1.58 bits per heavy atom. The summed E-state index contributed by atoms with van der Waals surface area (Å²) in [5.41, 5.74) is 0.950. The molecule has 0 unspecified atom stereocenters. The van der Waals surface area contributed by atoms with E-state index in [4.69, 9.17) is 0 Å². The number of rotatable bonds is 0. The highest BCUT2D eigenvalue weighted by molar-refractivity contribution is 6.13. The second-order valence-corrected chi connectivity index (χ2v) is 7.87. The fraction of sp³-hybridized carbons (Fsp3) is 0.167. The van der Waals surface area contributed by atoms with Crippen LogP contribution in [0.4, 0.5) is 34.6 Å². The van der Waals surface area contributed by atoms with Crippen LogP contribution in [0, 0.1) is 5.82 Å². The second kappa shape index (κ2) is 7.61. The van der Waals surface area contributed by atoms with Gasteiger partial charge in [0.15, 0.2) is 0 Å². The Hall–Kier alpha value is -3.88. The molecule has 2 aliphatic heterocycles. The number of nitrogens with zero attached hydrogens (tertiary/aromatic N) is 2. The Morgan fingerprint density at radius 3 is 2.36 bits per heavy atom. The number of aromatic amines is 1. The van der Waals surface area contributed by atoms with Crippen molar-refractivity contribution in [3.63, 3.8) is 0 Å². The fourth-order valence-corrected chi connectivity index (χ4v) is 4.24. The van der Waals surface area contributed by atoms with E-state index in [-0.39, 0.29) is 23.5 Å². The maximum absolute atomic E-state index is 14.1. The highest BCUT2D eigenvalue weighted by Crippen LogP contribution is 2.41. The van der Waals surface area contributed by atoms with Crippen LogP contribution >= 0.6 is 0 Å². The number of aromatic nitrogens is 1. The quantitative estimate of drug-likeness (QED) is 0.386. The van der Waals surface area contributed by atoms with Crippen LogP contribution in [0.3, 0.4) is 0 Å². The van der Waals surface area contributed by atoms with Crippen molar-refractivity contribution in [2.45, 2.75) is 19.0 Å². The number of allylic oxidation sites excluding steroid dienone is 2. The first-order valence-electron chi connectivity index (χ1n) is 10.2. The summed E-state index contributed by atoms with van der Waals surface area (Å²) in [6, 6.07) is 9.87. The highest BCUT2D eigenvalue weighted by atomic mass is 19.4. The van der Waals surface area contributed by atoms with Gasteiger partial charge < -0.3 is 9.88 Å². The third-order valence-electron chi connectivity index (χ3n) is 5.80. The van der Waals surface area contributed by atoms with Gasteiger partial charge in [0.05, 0.1) is 22.5 Å². The lowest BCUT2D eigenvalue weighted by molar-refractivity contribution is -0.137. The number of alkyl halides is 3. The number of carbonyl (C=O) groups excluding carboxylic acids is 1. The standard InChI is InChI=1S/C24H17F4N3O2/c25-16-6-8-19-14(11-16)3-1-2-4-18-20(9-10-22(32)29-18)31-13-30(19)21-12-15(24(26,27)28)5-7-17(21)23(31)33/h1-2,5-12H,3-4,13H2,(H,29,32)/b2-1+. The van der Waals surface area contributed by atoms with Crippen molar-refractivity contribution >= 4 is 23.0 Å². The van der Waals surface area contributed by atoms with Crippen molar-refractivity contribution < 1.29 is 22.4 Å². The van der Waals surface area contributed by atoms with Gasteiger partial charge in [-0.3, -0.25) is 14.5 Å². The molecule has 0 aliphatic carbocycles. The minimum absolute atomic E-state index is 0.0777. The van der Waals surface area contributed by atoms with E-state index >= 15 is 0 Å². The van der Waals surface area contributed by atoms with Crippen molar-refractivity contribution in [2.24, 2.45) is 0 Å². The number of anilines is 3. The lowest BCUT2D eigenvalue weighted by Gasteiger charge is -2.39. The third-order valence-corrected chi connectivity index (χ3v) is 5.80. The zero-order valence-corrected chi connectivity index (χ0v) is 17.1. The molecule has 0 atom stereocenters. The SMILES string of the molecule is O=C1c2ccc(C(F)(F)F)cc2N2CN1c1ccc(=O)[nH]c1C/C=C/Cc1cc(F)ccc12. The third kappa shape index (κ3) is 3.69. The van der Waals surface area contributed by atoms with Crippen LogP contribution in [0.15, 0.2) is 65.5 Å². The van der Waals surface area contributed by atoms with Gasteiger partial charge in [-0.2, -0.15) is 13.2 Å². The van der Waals surface area contributed by atoms with E-state index in [1.165, 1.54) is 35.2 Å². The van der Waals surface area contributed by atoms with Crippen LogP contribution in [-0.4, -0.2) is 17.6 Å². The van der Waals surface area contributed by atoms with Crippen LogP contribution in [-0.2, 0) is 19.0 Å². The Morgan fingerprint density at radius 1 is 0.818 bits per heavy atom. The summed E-state index contributed by atoms with van der Waals surface area (Å²) in [6.45, 7) is -0.106. The summed E-state index contributed by atoms with van der Waals surface area (Å²) in [6.07, 6.45) is -0.356. The molecule has 33 heavy (non-hydrogen) atoms. The zero-order chi connectivity index (χ0) is 23.3. The predicted molar refractivity (Wildman–Crippen MR) is 115 cm³/mol. The number of halogens is 4. The molecule has 9 heteroatoms. The number of pyridine rings is 1. The van der Waals surface area contributed by atoms with E-state index in [1.807, 2.05) is 0 Å². The summed E-state index contributed by atoms with van der Waals surface area (Å²) in [4.78, 5) is 31.1. The Kier molecular flexibility index (Phi) is 4.84. The molecule has 0 spiro atoms. The van der Waals surface area contributed by atoms with Crippen LogP contribution in [0.2, 0.25) is 0 Å². The largest absolute Gasteiger partial charge is 0.416 e. The molecule has 3 aromatic rings. The molecule has 2 bridgehead atoms. The van der Waals surface area contributed by atoms with Crippen molar-refractivity contribution in [3.05, 3.63) is 99.2 Å². The number of hydrogen-bond acceptors (Lipinski definition) is 3. The van der Waals surface area contributed by atoms with Gasteiger partial charge in [-0.05, 0) is 54.4 Å². The number of nitrogens with one attached hydrogen (secondary N) is 1. The van der Waals surface area contributed by atoms with Gasteiger partial charge in [-0.25, -0.2) is 4.39 Å². The number of hydrogen-bond donors (Lipinski definition) is 1. The molecule has 3 heterocycles. The molecular weight excluding hydrogens is 438 g/mol. The van der Waals surface area contributed by atoms with Gasteiger partial charge in [0.25, 0.3) is 5.91 Å². The highest BCUT2D eigenvalue weighted by Gasteiger charge is 2.37. The Labute approximate surface area is 185 Å². The van der Waals surface area contributed by atoms with Crippen molar-refractivity contribution in [3.8, 4) is 0 Å². The second-order valence-electron chi connectivity index (χ2n) is 7.87. The normalized spacial score (nSPS) is 16.4. The van der Waals surface area contributed by atoms with Crippen molar-refractivity contribution in [1.82, 2.24) is 4.98 Å². The van der Waals surface area contributed by atoms with E-state index in [0.29, 0.717) is 35.5 Å². The van der Waals surface area contributed by atoms with E-state index in [0.717, 1.165) is 18.2 Å². The number of carbonyl (C=O) groups is 1. The van der Waals surface area contributed by atoms with E-state index in [2.05, 4.69) is 4.98 Å². The number of benzene rings is 2. The van der Waals surface area contributed by atoms with Gasteiger partial charge in [0, 0.05) is 23.9 Å². The monoisotopic (exact) mass is 455 g/mol. The molecule has 0 fully saturated rings. The average molecular weight is 455 g/mol. The first-order valence-corrected chi connectivity index (χ1v) is 10.2. The molecular formula is C24H17F4N3O2. The summed E-state index contributed by atoms with van der Waals surface area (Å²) in [7, 11) is 0. The van der Waals surface area contributed by atoms with Gasteiger partial charge in [-0.15, -0.1) is 0 Å². The predicted octanol–water partition coefficient (Wildman–Crippen LogP) is 4.94. The fourth-order valence-electron chi connectivity index (χ4n) is 4.24. The minimum Gasteiger partial charge on any atom is -0.324 e. The molecule has 2 aliphatic rings. The van der Waals surface area contributed by atoms with Crippen LogP contribution < -0.4 is 15.4 Å². The Balaban J connectivity index is 1.78. The smallest absolute Gasteiger partial charge is 0.324 e. The van der Waals surface area contributed by atoms with Crippen LogP contribution in [0.25, 0.3) is 0 Å². The number of H-pyrrole nitrogens is 1. The molecule has 5 rings (SSSR count).